The van der Waals surface area contributed by atoms with Crippen molar-refractivity contribution in [3.63, 3.8) is 0 Å². The first-order chi connectivity index (χ1) is 16.5. The number of nitrogens with zero attached hydrogens (tertiary/aromatic N) is 3. The zero-order chi connectivity index (χ0) is 25.4. The molecule has 3 unspecified atom stereocenters. The van der Waals surface area contributed by atoms with Crippen LogP contribution >= 0.6 is 0 Å². The van der Waals surface area contributed by atoms with Gasteiger partial charge in [-0.3, -0.25) is 4.79 Å². The van der Waals surface area contributed by atoms with Gasteiger partial charge in [0.2, 0.25) is 5.91 Å². The molecule has 0 aliphatic carbocycles. The second kappa shape index (κ2) is 10.1. The molecule has 1 aromatic carbocycles. The number of fused-ring (bicyclic) bond motifs is 2. The lowest BCUT2D eigenvalue weighted by Crippen LogP contribution is -2.51. The molecule has 4 rings (SSSR count). The number of amides is 2. The van der Waals surface area contributed by atoms with E-state index in [1.165, 1.54) is 5.56 Å². The maximum atomic E-state index is 13.0. The van der Waals surface area contributed by atoms with Crippen molar-refractivity contribution in [2.24, 2.45) is 5.41 Å². The van der Waals surface area contributed by atoms with E-state index in [-0.39, 0.29) is 34.9 Å². The Kier molecular flexibility index (Phi) is 7.51. The Balaban J connectivity index is 1.40. The van der Waals surface area contributed by atoms with Crippen molar-refractivity contribution in [3.8, 4) is 0 Å². The number of likely N-dealkylation sites (tertiary alicyclic amines) is 2. The van der Waals surface area contributed by atoms with Crippen LogP contribution in [0.5, 0.6) is 0 Å². The van der Waals surface area contributed by atoms with E-state index >= 15 is 0 Å². The highest BCUT2D eigenvalue weighted by Gasteiger charge is 2.46. The zero-order valence-electron chi connectivity index (χ0n) is 22.7. The first kappa shape index (κ1) is 26.0. The van der Waals surface area contributed by atoms with Crippen LogP contribution in [0, 0.1) is 5.41 Å². The van der Waals surface area contributed by atoms with E-state index in [1.807, 2.05) is 15.9 Å². The summed E-state index contributed by atoms with van der Waals surface area (Å²) in [6.45, 7) is 15.7. The number of piperidine rings is 1. The van der Waals surface area contributed by atoms with Crippen molar-refractivity contribution in [1.29, 1.82) is 0 Å². The average Bonchev–Trinajstić information content (AvgIpc) is 3.34. The van der Waals surface area contributed by atoms with Gasteiger partial charge in [-0.15, -0.1) is 0 Å². The quantitative estimate of drug-likeness (QED) is 0.548. The number of anilines is 1. The number of carbonyl (C=O) groups is 2. The predicted octanol–water partition coefficient (Wildman–Crippen LogP) is 5.59. The molecule has 2 amide bonds. The molecule has 0 aromatic heterocycles. The molecule has 0 radical (unpaired) electrons. The molecule has 1 aromatic rings. The normalized spacial score (nSPS) is 25.1. The summed E-state index contributed by atoms with van der Waals surface area (Å²) in [4.78, 5) is 32.0. The summed E-state index contributed by atoms with van der Waals surface area (Å²) >= 11 is 0. The van der Waals surface area contributed by atoms with E-state index in [1.54, 1.807) is 6.92 Å². The number of benzene rings is 1. The zero-order valence-corrected chi connectivity index (χ0v) is 22.7. The highest BCUT2D eigenvalue weighted by Crippen LogP contribution is 2.47. The predicted molar refractivity (Wildman–Crippen MR) is 141 cm³/mol. The highest BCUT2D eigenvalue weighted by molar-refractivity contribution is 5.94. The van der Waals surface area contributed by atoms with Gasteiger partial charge in [-0.1, -0.05) is 45.9 Å². The van der Waals surface area contributed by atoms with Gasteiger partial charge in [0.1, 0.15) is 0 Å². The Hall–Kier alpha value is -2.08. The number of hydrogen-bond acceptors (Lipinski definition) is 4. The van der Waals surface area contributed by atoms with Gasteiger partial charge in [-0.05, 0) is 75.6 Å². The Labute approximate surface area is 212 Å². The molecule has 3 atom stereocenters. The van der Waals surface area contributed by atoms with Crippen LogP contribution in [0.3, 0.4) is 0 Å². The lowest BCUT2D eigenvalue weighted by molar-refractivity contribution is -0.116. The summed E-state index contributed by atoms with van der Waals surface area (Å²) in [7, 11) is 0. The first-order valence-corrected chi connectivity index (χ1v) is 13.6. The summed E-state index contributed by atoms with van der Waals surface area (Å²) in [6.07, 6.45) is 6.20. The fourth-order valence-electron chi connectivity index (χ4n) is 6.53. The van der Waals surface area contributed by atoms with Gasteiger partial charge < -0.3 is 19.4 Å². The fraction of sp³-hybridized carbons (Fsp3) is 0.724. The fourth-order valence-corrected chi connectivity index (χ4v) is 6.53. The summed E-state index contributed by atoms with van der Waals surface area (Å²) in [6, 6.07) is 9.42. The molecule has 3 aliphatic heterocycles. The van der Waals surface area contributed by atoms with Crippen LogP contribution in [0.2, 0.25) is 0 Å². The maximum absolute atomic E-state index is 13.0. The van der Waals surface area contributed by atoms with E-state index in [2.05, 4.69) is 57.7 Å². The maximum Gasteiger partial charge on any atom is 0.410 e. The van der Waals surface area contributed by atoms with E-state index < -0.39 is 0 Å². The molecule has 0 N–H and O–H groups in total. The number of rotatable bonds is 5. The third-order valence-electron chi connectivity index (χ3n) is 8.52. The van der Waals surface area contributed by atoms with E-state index in [9.17, 15) is 9.59 Å². The molecule has 35 heavy (non-hydrogen) atoms. The molecule has 6 nitrogen and oxygen atoms in total. The van der Waals surface area contributed by atoms with Gasteiger partial charge in [-0.2, -0.15) is 0 Å². The summed E-state index contributed by atoms with van der Waals surface area (Å²) in [5.74, 6) is 0.136. The van der Waals surface area contributed by atoms with Crippen LogP contribution in [-0.4, -0.2) is 66.2 Å². The second-order valence-corrected chi connectivity index (χ2v) is 12.3. The Morgan fingerprint density at radius 1 is 1.14 bits per heavy atom. The Morgan fingerprint density at radius 2 is 1.83 bits per heavy atom. The van der Waals surface area contributed by atoms with Crippen LogP contribution in [0.15, 0.2) is 24.3 Å². The summed E-state index contributed by atoms with van der Waals surface area (Å²) in [5.41, 5.74) is 2.49. The molecule has 2 fully saturated rings. The standard InChI is InChI=1S/C29H45N3O3/c1-7-23(18-24-13-12-21(2)32(24)27(34)35-20-28(4,5)6)30-16-14-29(15-17-30)19-31(22(3)33)26-11-9-8-10-25(26)29/h8-11,21,23-24H,7,12-20H2,1-6H3. The van der Waals surface area contributed by atoms with Crippen molar-refractivity contribution < 1.29 is 14.3 Å². The van der Waals surface area contributed by atoms with Gasteiger partial charge in [0.05, 0.1) is 6.61 Å². The van der Waals surface area contributed by atoms with E-state index in [0.29, 0.717) is 12.6 Å². The van der Waals surface area contributed by atoms with Gasteiger partial charge in [-0.25, -0.2) is 4.79 Å². The lowest BCUT2D eigenvalue weighted by atomic mass is 9.74. The third kappa shape index (κ3) is 5.37. The van der Waals surface area contributed by atoms with Crippen LogP contribution in [-0.2, 0) is 14.9 Å². The Bertz CT molecular complexity index is 916. The molecule has 194 valence electrons. The van der Waals surface area contributed by atoms with Crippen LogP contribution in [0.1, 0.15) is 85.6 Å². The minimum absolute atomic E-state index is 0.0271. The van der Waals surface area contributed by atoms with Crippen molar-refractivity contribution in [2.45, 2.75) is 104 Å². The first-order valence-electron chi connectivity index (χ1n) is 13.6. The molecule has 3 aliphatic rings. The average molecular weight is 484 g/mol. The minimum Gasteiger partial charge on any atom is -0.449 e. The Morgan fingerprint density at radius 3 is 2.46 bits per heavy atom. The van der Waals surface area contributed by atoms with Crippen LogP contribution < -0.4 is 4.90 Å². The lowest BCUT2D eigenvalue weighted by Gasteiger charge is -2.44. The highest BCUT2D eigenvalue weighted by atomic mass is 16.6. The van der Waals surface area contributed by atoms with Crippen molar-refractivity contribution in [1.82, 2.24) is 9.80 Å². The molecule has 0 saturated carbocycles. The number of para-hydroxylation sites is 1. The molecular weight excluding hydrogens is 438 g/mol. The molecule has 6 heteroatoms. The van der Waals surface area contributed by atoms with Gasteiger partial charge >= 0.3 is 6.09 Å². The van der Waals surface area contributed by atoms with Gasteiger partial charge in [0.25, 0.3) is 0 Å². The molecule has 3 heterocycles. The van der Waals surface area contributed by atoms with Crippen molar-refractivity contribution in [2.75, 3.05) is 31.1 Å². The second-order valence-electron chi connectivity index (χ2n) is 12.3. The van der Waals surface area contributed by atoms with E-state index in [4.69, 9.17) is 4.74 Å². The van der Waals surface area contributed by atoms with E-state index in [0.717, 1.165) is 63.8 Å². The van der Waals surface area contributed by atoms with Crippen molar-refractivity contribution in [3.05, 3.63) is 29.8 Å². The molecule has 1 spiro atoms. The SMILES string of the molecule is CCC(CC1CCC(C)N1C(=O)OCC(C)(C)C)N1CCC2(CC1)CN(C(C)=O)c1ccccc12. The monoisotopic (exact) mass is 483 g/mol. The van der Waals surface area contributed by atoms with Gasteiger partial charge in [0, 0.05) is 42.7 Å². The van der Waals surface area contributed by atoms with Crippen LogP contribution in [0.4, 0.5) is 10.5 Å². The molecule has 0 bridgehead atoms. The number of hydrogen-bond donors (Lipinski definition) is 0. The largest absolute Gasteiger partial charge is 0.449 e. The topological polar surface area (TPSA) is 53.1 Å². The van der Waals surface area contributed by atoms with Gasteiger partial charge in [0.15, 0.2) is 0 Å². The molecular formula is C29H45N3O3. The number of carbonyl (C=O) groups excluding carboxylic acids is 2. The number of ether oxygens (including phenoxy) is 1. The third-order valence-corrected chi connectivity index (χ3v) is 8.52. The summed E-state index contributed by atoms with van der Waals surface area (Å²) in [5, 5.41) is 0. The van der Waals surface area contributed by atoms with Crippen LogP contribution in [0.25, 0.3) is 0 Å². The molecule has 2 saturated heterocycles. The van der Waals surface area contributed by atoms with Crippen molar-refractivity contribution >= 4 is 17.7 Å². The smallest absolute Gasteiger partial charge is 0.410 e. The summed E-state index contributed by atoms with van der Waals surface area (Å²) < 4.78 is 5.72. The minimum atomic E-state index is -0.144.